The van der Waals surface area contributed by atoms with Crippen LogP contribution in [0.5, 0.6) is 0 Å². The summed E-state index contributed by atoms with van der Waals surface area (Å²) in [6, 6.07) is 56.6. The summed E-state index contributed by atoms with van der Waals surface area (Å²) in [5.74, 6) is 0. The Morgan fingerprint density at radius 2 is 1.30 bits per heavy atom. The summed E-state index contributed by atoms with van der Waals surface area (Å²) in [6.07, 6.45) is 14.2. The molecule has 3 nitrogen and oxygen atoms in total. The maximum absolute atomic E-state index is 6.99. The Labute approximate surface area is 335 Å². The molecule has 3 heteroatoms. The van der Waals surface area contributed by atoms with Crippen LogP contribution in [-0.4, -0.2) is 10.7 Å². The van der Waals surface area contributed by atoms with E-state index in [1.54, 1.807) is 0 Å². The fourth-order valence-corrected chi connectivity index (χ4v) is 8.36. The van der Waals surface area contributed by atoms with Gasteiger partial charge in [-0.1, -0.05) is 166 Å². The van der Waals surface area contributed by atoms with Gasteiger partial charge in [0.2, 0.25) is 0 Å². The second-order valence-corrected chi connectivity index (χ2v) is 15.3. The van der Waals surface area contributed by atoms with Gasteiger partial charge in [0, 0.05) is 29.1 Å². The van der Waals surface area contributed by atoms with Gasteiger partial charge in [-0.15, -0.1) is 0 Å². The Hall–Kier alpha value is -6.84. The van der Waals surface area contributed by atoms with E-state index in [0.29, 0.717) is 5.70 Å². The van der Waals surface area contributed by atoms with Crippen molar-refractivity contribution in [1.29, 1.82) is 0 Å². The van der Waals surface area contributed by atoms with Crippen LogP contribution in [0.25, 0.3) is 54.6 Å². The molecule has 0 saturated carbocycles. The van der Waals surface area contributed by atoms with E-state index >= 15 is 0 Å². The quantitative estimate of drug-likeness (QED) is 0.119. The third-order valence-corrected chi connectivity index (χ3v) is 11.6. The van der Waals surface area contributed by atoms with Gasteiger partial charge in [0.25, 0.3) is 0 Å². The van der Waals surface area contributed by atoms with Crippen LogP contribution < -0.4 is 5.73 Å². The van der Waals surface area contributed by atoms with Crippen LogP contribution in [0, 0.1) is 0 Å². The lowest BCUT2D eigenvalue weighted by Crippen LogP contribution is -2.21. The summed E-state index contributed by atoms with van der Waals surface area (Å²) in [7, 11) is 0. The smallest absolute Gasteiger partial charge is 0.0754 e. The molecule has 0 spiro atoms. The van der Waals surface area contributed by atoms with Gasteiger partial charge < -0.3 is 5.73 Å². The largest absolute Gasteiger partial charge is 0.398 e. The summed E-state index contributed by atoms with van der Waals surface area (Å²) < 4.78 is 0. The highest BCUT2D eigenvalue weighted by Crippen LogP contribution is 2.38. The molecule has 0 amide bonds. The molecular formula is C54H45N3. The van der Waals surface area contributed by atoms with Gasteiger partial charge in [0.15, 0.2) is 0 Å². The molecule has 1 aromatic heterocycles. The highest BCUT2D eigenvalue weighted by atomic mass is 14.8. The summed E-state index contributed by atoms with van der Waals surface area (Å²) in [5.41, 5.74) is 17.5. The lowest BCUT2D eigenvalue weighted by Gasteiger charge is -2.28. The van der Waals surface area contributed by atoms with Gasteiger partial charge >= 0.3 is 0 Å². The minimum atomic E-state index is -0.136. The van der Waals surface area contributed by atoms with Gasteiger partial charge in [0.1, 0.15) is 0 Å². The first-order valence-electron chi connectivity index (χ1n) is 19.9. The van der Waals surface area contributed by atoms with Gasteiger partial charge in [0.05, 0.1) is 11.8 Å². The van der Waals surface area contributed by atoms with Crippen LogP contribution in [0.15, 0.2) is 211 Å². The number of allylic oxidation sites excluding steroid dienone is 4. The average molecular weight is 736 g/mol. The van der Waals surface area contributed by atoms with Crippen molar-refractivity contribution in [3.63, 3.8) is 0 Å². The fourth-order valence-electron chi connectivity index (χ4n) is 8.36. The number of nitrogens with zero attached hydrogens (tertiary/aromatic N) is 2. The van der Waals surface area contributed by atoms with Crippen LogP contribution in [0.4, 0.5) is 0 Å². The van der Waals surface area contributed by atoms with Crippen LogP contribution in [-0.2, 0) is 5.41 Å². The molecule has 1 aliphatic rings. The first-order chi connectivity index (χ1) is 28.0. The lowest BCUT2D eigenvalue weighted by atomic mass is 9.76. The molecule has 57 heavy (non-hydrogen) atoms. The summed E-state index contributed by atoms with van der Waals surface area (Å²) in [5, 5.41) is 7.67. The number of aliphatic imine (C=N–C) groups is 1. The van der Waals surface area contributed by atoms with E-state index in [1.807, 2.05) is 18.5 Å². The monoisotopic (exact) mass is 735 g/mol. The van der Waals surface area contributed by atoms with Gasteiger partial charge in [-0.05, 0) is 114 Å². The second-order valence-electron chi connectivity index (χ2n) is 15.3. The van der Waals surface area contributed by atoms with Crippen molar-refractivity contribution in [2.75, 3.05) is 0 Å². The second kappa shape index (κ2) is 15.4. The third kappa shape index (κ3) is 7.09. The number of aromatic nitrogens is 1. The Kier molecular flexibility index (Phi) is 9.66. The predicted molar refractivity (Wildman–Crippen MR) is 242 cm³/mol. The van der Waals surface area contributed by atoms with E-state index in [1.165, 1.54) is 60.1 Å². The first-order valence-corrected chi connectivity index (χ1v) is 19.9. The van der Waals surface area contributed by atoms with Crippen molar-refractivity contribution in [2.45, 2.75) is 38.1 Å². The molecule has 0 saturated heterocycles. The molecule has 0 bridgehead atoms. The van der Waals surface area contributed by atoms with Gasteiger partial charge in [-0.2, -0.15) is 0 Å². The Morgan fingerprint density at radius 1 is 0.667 bits per heavy atom. The van der Waals surface area contributed by atoms with Crippen LogP contribution in [0.1, 0.15) is 49.4 Å². The zero-order valence-corrected chi connectivity index (χ0v) is 32.4. The standard InChI is InChI=1S/C54H45N3/c1-3-52(42-18-12-17-40(33-42)41-25-26-49-47-23-8-7-21-45(47)46-22-9-10-24-48(46)50(49)34-41)57-53(43-19-11-16-39(32-43)37-14-5-4-6-15-37)35-51(55)38-27-29-54(2,30-28-38)44-20-13-31-56-36-44/h4-29,31-36,52H,3,30,55H2,1-2H3/b51-35-,57-53?. The minimum absolute atomic E-state index is 0.0839. The Morgan fingerprint density at radius 3 is 1.96 bits per heavy atom. The highest BCUT2D eigenvalue weighted by molar-refractivity contribution is 6.25. The van der Waals surface area contributed by atoms with Crippen molar-refractivity contribution in [3.05, 3.63) is 222 Å². The summed E-state index contributed by atoms with van der Waals surface area (Å²) in [4.78, 5) is 9.91. The topological polar surface area (TPSA) is 51.3 Å². The number of nitrogens with two attached hydrogens (primary N) is 1. The molecule has 0 fully saturated rings. The normalized spacial score (nSPS) is 16.6. The molecule has 1 aliphatic carbocycles. The highest BCUT2D eigenvalue weighted by Gasteiger charge is 2.25. The molecule has 2 unspecified atom stereocenters. The molecule has 2 atom stereocenters. The van der Waals surface area contributed by atoms with Crippen molar-refractivity contribution < 1.29 is 0 Å². The number of pyridine rings is 1. The Balaban J connectivity index is 1.11. The molecular weight excluding hydrogens is 691 g/mol. The third-order valence-electron chi connectivity index (χ3n) is 11.6. The molecule has 276 valence electrons. The zero-order valence-electron chi connectivity index (χ0n) is 32.4. The van der Waals surface area contributed by atoms with E-state index in [0.717, 1.165) is 35.3 Å². The molecule has 2 N–H and O–H groups in total. The maximum atomic E-state index is 6.99. The van der Waals surface area contributed by atoms with Gasteiger partial charge in [-0.25, -0.2) is 0 Å². The van der Waals surface area contributed by atoms with E-state index in [4.69, 9.17) is 10.7 Å². The number of benzene rings is 7. The average Bonchev–Trinajstić information content (AvgIpc) is 3.28. The fraction of sp³-hybridized carbons (Fsp3) is 0.111. The van der Waals surface area contributed by atoms with Crippen LogP contribution >= 0.6 is 0 Å². The Bertz CT molecular complexity index is 2850. The number of hydrogen-bond donors (Lipinski definition) is 1. The van der Waals surface area contributed by atoms with Crippen molar-refractivity contribution >= 4 is 38.0 Å². The van der Waals surface area contributed by atoms with E-state index in [-0.39, 0.29) is 11.5 Å². The summed E-state index contributed by atoms with van der Waals surface area (Å²) in [6.45, 7) is 4.46. The summed E-state index contributed by atoms with van der Waals surface area (Å²) >= 11 is 0. The predicted octanol–water partition coefficient (Wildman–Crippen LogP) is 13.5. The molecule has 9 rings (SSSR count). The van der Waals surface area contributed by atoms with Crippen molar-refractivity contribution in [3.8, 4) is 22.3 Å². The number of fused-ring (bicyclic) bond motifs is 6. The molecule has 8 aromatic rings. The van der Waals surface area contributed by atoms with Crippen LogP contribution in [0.3, 0.4) is 0 Å². The van der Waals surface area contributed by atoms with E-state index in [9.17, 15) is 0 Å². The zero-order chi connectivity index (χ0) is 38.8. The number of hydrogen-bond acceptors (Lipinski definition) is 3. The molecule has 1 heterocycles. The maximum Gasteiger partial charge on any atom is 0.0754 e. The van der Waals surface area contributed by atoms with Crippen molar-refractivity contribution in [1.82, 2.24) is 4.98 Å². The molecule has 0 radical (unpaired) electrons. The molecule has 7 aromatic carbocycles. The lowest BCUT2D eigenvalue weighted by molar-refractivity contribution is 0.594. The van der Waals surface area contributed by atoms with Crippen LogP contribution in [0.2, 0.25) is 0 Å². The first kappa shape index (κ1) is 35.8. The number of rotatable bonds is 9. The van der Waals surface area contributed by atoms with Crippen molar-refractivity contribution in [2.24, 2.45) is 10.7 Å². The SMILES string of the molecule is CCC(N=C(/C=C(\N)C1=CCC(C)(c2cccnc2)C=C1)c1cccc(-c2ccccc2)c1)c1cccc(-c2ccc3c4ccccc4c4ccccc4c3c2)c1. The van der Waals surface area contributed by atoms with E-state index < -0.39 is 0 Å². The van der Waals surface area contributed by atoms with E-state index in [2.05, 4.69) is 195 Å². The minimum Gasteiger partial charge on any atom is -0.398 e. The molecule has 0 aliphatic heterocycles. The van der Waals surface area contributed by atoms with Gasteiger partial charge in [-0.3, -0.25) is 9.98 Å².